The van der Waals surface area contributed by atoms with Crippen molar-refractivity contribution in [3.05, 3.63) is 58.9 Å². The lowest BCUT2D eigenvalue weighted by atomic mass is 10.1. The number of anilines is 1. The summed E-state index contributed by atoms with van der Waals surface area (Å²) < 4.78 is 16.8. The standard InChI is InChI=1S/C22H24N2O4/c1-26-21-6-4-17(14-22(21)27-2)28-16-8-11-24(12-9-16)15-3-5-19-18(13-15)20(25)7-10-23-19/h3-7,10,13-14,16H,8-9,11-12H2,1-2H3,(H,23,25). The van der Waals surface area contributed by atoms with Gasteiger partial charge in [-0.3, -0.25) is 4.79 Å². The maximum atomic E-state index is 12.1. The molecule has 3 aromatic rings. The van der Waals surface area contributed by atoms with Gasteiger partial charge in [0.2, 0.25) is 0 Å². The van der Waals surface area contributed by atoms with Crippen LogP contribution in [0.3, 0.4) is 0 Å². The van der Waals surface area contributed by atoms with E-state index in [0.29, 0.717) is 11.5 Å². The molecule has 146 valence electrons. The number of piperidine rings is 1. The zero-order valence-corrected chi connectivity index (χ0v) is 16.1. The first-order valence-electron chi connectivity index (χ1n) is 9.43. The van der Waals surface area contributed by atoms with Gasteiger partial charge in [0.15, 0.2) is 16.9 Å². The Morgan fingerprint density at radius 3 is 2.50 bits per heavy atom. The number of nitrogens with zero attached hydrogens (tertiary/aromatic N) is 1. The summed E-state index contributed by atoms with van der Waals surface area (Å²) in [7, 11) is 3.24. The minimum absolute atomic E-state index is 0.0438. The highest BCUT2D eigenvalue weighted by Gasteiger charge is 2.21. The van der Waals surface area contributed by atoms with Gasteiger partial charge in [-0.15, -0.1) is 0 Å². The Morgan fingerprint density at radius 2 is 1.75 bits per heavy atom. The van der Waals surface area contributed by atoms with Crippen LogP contribution in [0.25, 0.3) is 10.9 Å². The number of benzene rings is 2. The van der Waals surface area contributed by atoms with E-state index in [1.165, 1.54) is 0 Å². The van der Waals surface area contributed by atoms with Crippen molar-refractivity contribution in [2.24, 2.45) is 0 Å². The van der Waals surface area contributed by atoms with Gasteiger partial charge in [-0.25, -0.2) is 0 Å². The van der Waals surface area contributed by atoms with Gasteiger partial charge in [-0.05, 0) is 30.3 Å². The fourth-order valence-electron chi connectivity index (χ4n) is 3.67. The van der Waals surface area contributed by atoms with Crippen LogP contribution in [0.5, 0.6) is 17.2 Å². The molecule has 1 aliphatic rings. The van der Waals surface area contributed by atoms with Crippen LogP contribution in [0.1, 0.15) is 12.8 Å². The van der Waals surface area contributed by atoms with E-state index >= 15 is 0 Å². The predicted octanol–water partition coefficient (Wildman–Crippen LogP) is 3.59. The number of methoxy groups -OCH3 is 2. The summed E-state index contributed by atoms with van der Waals surface area (Å²) in [6, 6.07) is 13.2. The summed E-state index contributed by atoms with van der Waals surface area (Å²) >= 11 is 0. The molecule has 0 radical (unpaired) electrons. The normalized spacial score (nSPS) is 14.9. The SMILES string of the molecule is COc1ccc(OC2CCN(c3ccc4[nH]ccc(=O)c4c3)CC2)cc1OC. The van der Waals surface area contributed by atoms with Crippen molar-refractivity contribution in [1.29, 1.82) is 0 Å². The number of fused-ring (bicyclic) bond motifs is 1. The molecular formula is C22H24N2O4. The van der Waals surface area contributed by atoms with Gasteiger partial charge < -0.3 is 24.1 Å². The van der Waals surface area contributed by atoms with E-state index in [-0.39, 0.29) is 11.5 Å². The van der Waals surface area contributed by atoms with Crippen LogP contribution in [0.2, 0.25) is 0 Å². The number of rotatable bonds is 5. The van der Waals surface area contributed by atoms with E-state index in [0.717, 1.165) is 48.3 Å². The number of aromatic nitrogens is 1. The van der Waals surface area contributed by atoms with Crippen LogP contribution in [0, 0.1) is 0 Å². The third-order valence-electron chi connectivity index (χ3n) is 5.21. The van der Waals surface area contributed by atoms with Gasteiger partial charge in [0.25, 0.3) is 0 Å². The number of aromatic amines is 1. The van der Waals surface area contributed by atoms with E-state index in [9.17, 15) is 4.79 Å². The fraction of sp³-hybridized carbons (Fsp3) is 0.318. The molecule has 1 aromatic heterocycles. The van der Waals surface area contributed by atoms with Crippen LogP contribution in [-0.4, -0.2) is 38.4 Å². The minimum Gasteiger partial charge on any atom is -0.493 e. The van der Waals surface area contributed by atoms with E-state index in [1.807, 2.05) is 30.3 Å². The molecule has 6 heteroatoms. The first-order valence-corrected chi connectivity index (χ1v) is 9.43. The van der Waals surface area contributed by atoms with Gasteiger partial charge in [0.1, 0.15) is 11.9 Å². The summed E-state index contributed by atoms with van der Waals surface area (Å²) in [5, 5.41) is 0.726. The van der Waals surface area contributed by atoms with E-state index in [2.05, 4.69) is 16.0 Å². The highest BCUT2D eigenvalue weighted by molar-refractivity contribution is 5.82. The van der Waals surface area contributed by atoms with Crippen LogP contribution < -0.4 is 24.5 Å². The largest absolute Gasteiger partial charge is 0.493 e. The Morgan fingerprint density at radius 1 is 0.964 bits per heavy atom. The molecule has 0 aliphatic carbocycles. The molecule has 1 aliphatic heterocycles. The molecule has 0 bridgehead atoms. The second kappa shape index (κ2) is 7.84. The predicted molar refractivity (Wildman–Crippen MR) is 110 cm³/mol. The van der Waals surface area contributed by atoms with Crippen molar-refractivity contribution in [2.45, 2.75) is 18.9 Å². The highest BCUT2D eigenvalue weighted by atomic mass is 16.5. The molecule has 28 heavy (non-hydrogen) atoms. The summed E-state index contributed by atoms with van der Waals surface area (Å²) in [5.41, 5.74) is 1.99. The first kappa shape index (κ1) is 18.2. The van der Waals surface area contributed by atoms with Crippen LogP contribution in [0.4, 0.5) is 5.69 Å². The number of ether oxygens (including phenoxy) is 3. The molecular weight excluding hydrogens is 356 g/mol. The molecule has 2 aromatic carbocycles. The molecule has 0 spiro atoms. The zero-order chi connectivity index (χ0) is 19.5. The molecule has 1 N–H and O–H groups in total. The van der Waals surface area contributed by atoms with Crippen LogP contribution >= 0.6 is 0 Å². The average Bonchev–Trinajstić information content (AvgIpc) is 2.74. The van der Waals surface area contributed by atoms with Crippen molar-refractivity contribution >= 4 is 16.6 Å². The molecule has 0 amide bonds. The molecule has 2 heterocycles. The first-order chi connectivity index (χ1) is 13.7. The van der Waals surface area contributed by atoms with Crippen LogP contribution in [0.15, 0.2) is 53.5 Å². The highest BCUT2D eigenvalue weighted by Crippen LogP contribution is 2.32. The lowest BCUT2D eigenvalue weighted by molar-refractivity contribution is 0.170. The monoisotopic (exact) mass is 380 g/mol. The van der Waals surface area contributed by atoms with E-state index in [1.54, 1.807) is 26.5 Å². The average molecular weight is 380 g/mol. The van der Waals surface area contributed by atoms with Crippen molar-refractivity contribution in [3.8, 4) is 17.2 Å². The number of nitrogens with one attached hydrogen (secondary N) is 1. The summed E-state index contributed by atoms with van der Waals surface area (Å²) in [5.74, 6) is 2.14. The quantitative estimate of drug-likeness (QED) is 0.733. The van der Waals surface area contributed by atoms with E-state index in [4.69, 9.17) is 14.2 Å². The third-order valence-corrected chi connectivity index (χ3v) is 5.21. The van der Waals surface area contributed by atoms with Gasteiger partial charge in [0.05, 0.1) is 14.2 Å². The number of H-pyrrole nitrogens is 1. The van der Waals surface area contributed by atoms with Gasteiger partial charge >= 0.3 is 0 Å². The Labute approximate surface area is 163 Å². The smallest absolute Gasteiger partial charge is 0.189 e. The molecule has 0 atom stereocenters. The maximum Gasteiger partial charge on any atom is 0.189 e. The van der Waals surface area contributed by atoms with Crippen molar-refractivity contribution in [1.82, 2.24) is 4.98 Å². The molecule has 0 saturated carbocycles. The van der Waals surface area contributed by atoms with E-state index < -0.39 is 0 Å². The summed E-state index contributed by atoms with van der Waals surface area (Å²) in [6.45, 7) is 1.77. The zero-order valence-electron chi connectivity index (χ0n) is 16.1. The third kappa shape index (κ3) is 3.63. The van der Waals surface area contributed by atoms with Crippen molar-refractivity contribution in [2.75, 3.05) is 32.2 Å². The second-order valence-electron chi connectivity index (χ2n) is 6.89. The summed E-state index contributed by atoms with van der Waals surface area (Å²) in [4.78, 5) is 17.5. The Kier molecular flexibility index (Phi) is 5.10. The lowest BCUT2D eigenvalue weighted by Gasteiger charge is -2.34. The number of hydrogen-bond acceptors (Lipinski definition) is 5. The number of hydrogen-bond donors (Lipinski definition) is 1. The molecule has 4 rings (SSSR count). The second-order valence-corrected chi connectivity index (χ2v) is 6.89. The molecule has 1 saturated heterocycles. The minimum atomic E-state index is 0.0438. The summed E-state index contributed by atoms with van der Waals surface area (Å²) in [6.07, 6.45) is 3.66. The Hall–Kier alpha value is -3.15. The van der Waals surface area contributed by atoms with Gasteiger partial charge in [-0.2, -0.15) is 0 Å². The van der Waals surface area contributed by atoms with Gasteiger partial charge in [-0.1, -0.05) is 0 Å². The fourth-order valence-corrected chi connectivity index (χ4v) is 3.67. The topological polar surface area (TPSA) is 63.8 Å². The van der Waals surface area contributed by atoms with Crippen molar-refractivity contribution < 1.29 is 14.2 Å². The van der Waals surface area contributed by atoms with Crippen molar-refractivity contribution in [3.63, 3.8) is 0 Å². The maximum absolute atomic E-state index is 12.1. The lowest BCUT2D eigenvalue weighted by Crippen LogP contribution is -2.38. The Balaban J connectivity index is 1.42. The Bertz CT molecular complexity index is 1020. The number of pyridine rings is 1. The van der Waals surface area contributed by atoms with Gasteiger partial charge in [0, 0.05) is 60.9 Å². The molecule has 1 fully saturated rings. The molecule has 6 nitrogen and oxygen atoms in total. The van der Waals surface area contributed by atoms with Crippen LogP contribution in [-0.2, 0) is 0 Å². The molecule has 0 unspecified atom stereocenters.